The summed E-state index contributed by atoms with van der Waals surface area (Å²) in [4.78, 5) is 0. The third kappa shape index (κ3) is 1.72. The Bertz CT molecular complexity index is 501. The van der Waals surface area contributed by atoms with Crippen molar-refractivity contribution in [1.29, 1.82) is 0 Å². The van der Waals surface area contributed by atoms with Gasteiger partial charge in [-0.1, -0.05) is 26.0 Å². The molecule has 0 N–H and O–H groups in total. The molecule has 0 saturated carbocycles. The lowest BCUT2D eigenvalue weighted by Gasteiger charge is -2.11. The van der Waals surface area contributed by atoms with E-state index in [9.17, 15) is 0 Å². The van der Waals surface area contributed by atoms with Crippen molar-refractivity contribution < 1.29 is 0 Å². The number of nitrogens with zero attached hydrogens (tertiary/aromatic N) is 2. The zero-order valence-corrected chi connectivity index (χ0v) is 9.70. The van der Waals surface area contributed by atoms with Gasteiger partial charge >= 0.3 is 0 Å². The quantitative estimate of drug-likeness (QED) is 0.705. The van der Waals surface area contributed by atoms with Gasteiger partial charge in [0.25, 0.3) is 0 Å². The van der Waals surface area contributed by atoms with Crippen molar-refractivity contribution in [3.05, 3.63) is 35.0 Å². The molecular formula is C13H16N2. The fourth-order valence-corrected chi connectivity index (χ4v) is 2.06. The number of rotatable bonds is 1. The summed E-state index contributed by atoms with van der Waals surface area (Å²) in [5.41, 5.74) is 4.60. The van der Waals surface area contributed by atoms with Gasteiger partial charge in [-0.2, -0.15) is 10.2 Å². The van der Waals surface area contributed by atoms with Crippen LogP contribution < -0.4 is 0 Å². The Labute approximate surface area is 90.3 Å². The predicted molar refractivity (Wildman–Crippen MR) is 63.1 cm³/mol. The van der Waals surface area contributed by atoms with E-state index in [-0.39, 0.29) is 0 Å². The highest BCUT2D eigenvalue weighted by Gasteiger charge is 2.10. The normalized spacial score (nSPS) is 11.3. The molecule has 0 bridgehead atoms. The van der Waals surface area contributed by atoms with Crippen LogP contribution in [0.25, 0.3) is 10.9 Å². The largest absolute Gasteiger partial charge is 0.155 e. The summed E-state index contributed by atoms with van der Waals surface area (Å²) in [7, 11) is 0. The molecule has 0 amide bonds. The minimum atomic E-state index is 0.491. The van der Waals surface area contributed by atoms with Crippen molar-refractivity contribution >= 4 is 10.9 Å². The van der Waals surface area contributed by atoms with Crippen LogP contribution in [0.1, 0.15) is 36.6 Å². The van der Waals surface area contributed by atoms with Crippen LogP contribution in [0.3, 0.4) is 0 Å². The molecule has 2 aromatic rings. The molecule has 15 heavy (non-hydrogen) atoms. The van der Waals surface area contributed by atoms with Gasteiger partial charge in [0.05, 0.1) is 11.2 Å². The maximum atomic E-state index is 4.23. The molecule has 1 aromatic carbocycles. The second kappa shape index (κ2) is 3.61. The van der Waals surface area contributed by atoms with Crippen molar-refractivity contribution in [2.75, 3.05) is 0 Å². The Morgan fingerprint density at radius 3 is 2.47 bits per heavy atom. The third-order valence-electron chi connectivity index (χ3n) is 2.72. The molecule has 0 aliphatic rings. The van der Waals surface area contributed by atoms with Crippen molar-refractivity contribution in [3.8, 4) is 0 Å². The molecule has 2 heteroatoms. The topological polar surface area (TPSA) is 25.8 Å². The fraction of sp³-hybridized carbons (Fsp3) is 0.385. The van der Waals surface area contributed by atoms with Crippen molar-refractivity contribution in [3.63, 3.8) is 0 Å². The van der Waals surface area contributed by atoms with Gasteiger partial charge in [-0.3, -0.25) is 0 Å². The van der Waals surface area contributed by atoms with Gasteiger partial charge < -0.3 is 0 Å². The Hall–Kier alpha value is -1.44. The van der Waals surface area contributed by atoms with Gasteiger partial charge in [0, 0.05) is 5.39 Å². The highest BCUT2D eigenvalue weighted by molar-refractivity contribution is 5.83. The summed E-state index contributed by atoms with van der Waals surface area (Å²) in [6, 6.07) is 6.38. The molecule has 78 valence electrons. The molecule has 1 aromatic heterocycles. The van der Waals surface area contributed by atoms with E-state index in [0.717, 1.165) is 11.2 Å². The van der Waals surface area contributed by atoms with Gasteiger partial charge in [-0.15, -0.1) is 0 Å². The van der Waals surface area contributed by atoms with Crippen LogP contribution in [0.15, 0.2) is 18.2 Å². The van der Waals surface area contributed by atoms with Crippen LogP contribution in [0.5, 0.6) is 0 Å². The molecule has 0 atom stereocenters. The molecule has 0 spiro atoms. The van der Waals surface area contributed by atoms with E-state index >= 15 is 0 Å². The summed E-state index contributed by atoms with van der Waals surface area (Å²) < 4.78 is 0. The van der Waals surface area contributed by atoms with Gasteiger partial charge in [-0.05, 0) is 37.0 Å². The Balaban J connectivity index is 2.82. The second-order valence-corrected chi connectivity index (χ2v) is 4.37. The smallest absolute Gasteiger partial charge is 0.0935 e. The molecule has 1 heterocycles. The average Bonchev–Trinajstić information content (AvgIpc) is 2.17. The molecule has 2 nitrogen and oxygen atoms in total. The lowest BCUT2D eigenvalue weighted by molar-refractivity contribution is 0.837. The van der Waals surface area contributed by atoms with Crippen LogP contribution in [-0.4, -0.2) is 10.2 Å². The fourth-order valence-electron chi connectivity index (χ4n) is 2.06. The molecule has 0 aliphatic heterocycles. The summed E-state index contributed by atoms with van der Waals surface area (Å²) >= 11 is 0. The van der Waals surface area contributed by atoms with Crippen molar-refractivity contribution in [2.24, 2.45) is 0 Å². The SMILES string of the molecule is Cc1ccc2c(C(C)C)c(C)nnc2c1. The van der Waals surface area contributed by atoms with Crippen LogP contribution in [0.2, 0.25) is 0 Å². The molecule has 0 aliphatic carbocycles. The van der Waals surface area contributed by atoms with Crippen LogP contribution in [-0.2, 0) is 0 Å². The number of benzene rings is 1. The summed E-state index contributed by atoms with van der Waals surface area (Å²) in [5, 5.41) is 9.69. The molecule has 2 rings (SSSR count). The van der Waals surface area contributed by atoms with Gasteiger partial charge in [0.1, 0.15) is 0 Å². The maximum Gasteiger partial charge on any atom is 0.0935 e. The first-order valence-corrected chi connectivity index (χ1v) is 5.33. The average molecular weight is 200 g/mol. The number of fused-ring (bicyclic) bond motifs is 1. The zero-order valence-electron chi connectivity index (χ0n) is 9.70. The van der Waals surface area contributed by atoms with Crippen LogP contribution in [0.4, 0.5) is 0 Å². The van der Waals surface area contributed by atoms with E-state index in [1.807, 2.05) is 6.92 Å². The van der Waals surface area contributed by atoms with Crippen molar-refractivity contribution in [2.45, 2.75) is 33.6 Å². The summed E-state index contributed by atoms with van der Waals surface area (Å²) in [6.45, 7) is 8.50. The molecule has 0 saturated heterocycles. The van der Waals surface area contributed by atoms with E-state index in [1.165, 1.54) is 16.5 Å². The first-order chi connectivity index (χ1) is 7.09. The predicted octanol–water partition coefficient (Wildman–Crippen LogP) is 3.37. The number of aromatic nitrogens is 2. The maximum absolute atomic E-state index is 4.23. The Kier molecular flexibility index (Phi) is 2.43. The lowest BCUT2D eigenvalue weighted by Crippen LogP contribution is -1.99. The number of aryl methyl sites for hydroxylation is 2. The summed E-state index contributed by atoms with van der Waals surface area (Å²) in [6.07, 6.45) is 0. The molecular weight excluding hydrogens is 184 g/mol. The number of hydrogen-bond donors (Lipinski definition) is 0. The highest BCUT2D eigenvalue weighted by atomic mass is 15.1. The molecule has 0 fully saturated rings. The first-order valence-electron chi connectivity index (χ1n) is 5.33. The van der Waals surface area contributed by atoms with E-state index in [4.69, 9.17) is 0 Å². The monoisotopic (exact) mass is 200 g/mol. The third-order valence-corrected chi connectivity index (χ3v) is 2.72. The zero-order chi connectivity index (χ0) is 11.0. The van der Waals surface area contributed by atoms with Gasteiger partial charge in [-0.25, -0.2) is 0 Å². The molecule has 0 unspecified atom stereocenters. The van der Waals surface area contributed by atoms with E-state index in [0.29, 0.717) is 5.92 Å². The minimum absolute atomic E-state index is 0.491. The standard InChI is InChI=1S/C13H16N2/c1-8(2)13-10(4)14-15-12-7-9(3)5-6-11(12)13/h5-8H,1-4H3. The number of hydrogen-bond acceptors (Lipinski definition) is 2. The minimum Gasteiger partial charge on any atom is -0.155 e. The molecule has 0 radical (unpaired) electrons. The lowest BCUT2D eigenvalue weighted by atomic mass is 9.97. The Morgan fingerprint density at radius 2 is 1.80 bits per heavy atom. The van der Waals surface area contributed by atoms with Crippen LogP contribution >= 0.6 is 0 Å². The van der Waals surface area contributed by atoms with Gasteiger partial charge in [0.15, 0.2) is 0 Å². The first kappa shape index (κ1) is 10.1. The van der Waals surface area contributed by atoms with Gasteiger partial charge in [0.2, 0.25) is 0 Å². The van der Waals surface area contributed by atoms with E-state index < -0.39 is 0 Å². The van der Waals surface area contributed by atoms with E-state index in [1.54, 1.807) is 0 Å². The van der Waals surface area contributed by atoms with Crippen molar-refractivity contribution in [1.82, 2.24) is 10.2 Å². The highest BCUT2D eigenvalue weighted by Crippen LogP contribution is 2.26. The second-order valence-electron chi connectivity index (χ2n) is 4.37. The van der Waals surface area contributed by atoms with E-state index in [2.05, 4.69) is 49.2 Å². The van der Waals surface area contributed by atoms with Crippen LogP contribution in [0, 0.1) is 13.8 Å². The Morgan fingerprint density at radius 1 is 1.07 bits per heavy atom. The summed E-state index contributed by atoms with van der Waals surface area (Å²) in [5.74, 6) is 0.491.